The molecule has 2 heterocycles. The number of nitrogens with zero attached hydrogens (tertiary/aromatic N) is 2. The fourth-order valence-corrected chi connectivity index (χ4v) is 5.42. The van der Waals surface area contributed by atoms with E-state index in [2.05, 4.69) is 4.90 Å². The van der Waals surface area contributed by atoms with Gasteiger partial charge in [0.05, 0.1) is 24.8 Å². The predicted octanol–water partition coefficient (Wildman–Crippen LogP) is 2.06. The lowest BCUT2D eigenvalue weighted by atomic mass is 10.1. The molecule has 1 saturated heterocycles. The van der Waals surface area contributed by atoms with Gasteiger partial charge in [0, 0.05) is 26.2 Å². The Bertz CT molecular complexity index is 974. The zero-order valence-corrected chi connectivity index (χ0v) is 16.7. The van der Waals surface area contributed by atoms with E-state index in [9.17, 15) is 13.2 Å². The Morgan fingerprint density at radius 1 is 1.11 bits per heavy atom. The van der Waals surface area contributed by atoms with Crippen LogP contribution in [0.1, 0.15) is 33.7 Å². The van der Waals surface area contributed by atoms with Gasteiger partial charge in [0.2, 0.25) is 10.0 Å². The second-order valence-electron chi connectivity index (χ2n) is 7.21. The van der Waals surface area contributed by atoms with Gasteiger partial charge in [0.15, 0.2) is 0 Å². The Labute approximate surface area is 164 Å². The summed E-state index contributed by atoms with van der Waals surface area (Å²) < 4.78 is 37.8. The molecule has 1 aliphatic carbocycles. The lowest BCUT2D eigenvalue weighted by Crippen LogP contribution is -2.48. The summed E-state index contributed by atoms with van der Waals surface area (Å²) in [6, 6.07) is 7.12. The van der Waals surface area contributed by atoms with E-state index in [-0.39, 0.29) is 0 Å². The average Bonchev–Trinajstić information content (AvgIpc) is 3.36. The van der Waals surface area contributed by atoms with Gasteiger partial charge in [-0.15, -0.1) is 0 Å². The number of benzene rings is 1. The third-order valence-corrected chi connectivity index (χ3v) is 7.45. The van der Waals surface area contributed by atoms with Crippen molar-refractivity contribution in [2.24, 2.45) is 0 Å². The van der Waals surface area contributed by atoms with Gasteiger partial charge in [-0.25, -0.2) is 13.2 Å². The van der Waals surface area contributed by atoms with Crippen molar-refractivity contribution in [2.45, 2.75) is 30.7 Å². The summed E-state index contributed by atoms with van der Waals surface area (Å²) in [5, 5.41) is 0. The molecule has 0 unspecified atom stereocenters. The normalized spacial score (nSPS) is 18.2. The number of methoxy groups -OCH3 is 1. The van der Waals surface area contributed by atoms with Crippen molar-refractivity contribution in [3.63, 3.8) is 0 Å². The van der Waals surface area contributed by atoms with Crippen LogP contribution in [-0.4, -0.2) is 56.9 Å². The highest BCUT2D eigenvalue weighted by Gasteiger charge is 2.30. The number of fused-ring (bicyclic) bond motifs is 1. The monoisotopic (exact) mass is 404 g/mol. The maximum absolute atomic E-state index is 13.0. The molecular formula is C20H24N2O5S. The van der Waals surface area contributed by atoms with Gasteiger partial charge >= 0.3 is 5.97 Å². The molecule has 28 heavy (non-hydrogen) atoms. The summed E-state index contributed by atoms with van der Waals surface area (Å²) in [5.74, 6) is 0.114. The fraction of sp³-hybridized carbons (Fsp3) is 0.450. The van der Waals surface area contributed by atoms with Crippen LogP contribution in [0.15, 0.2) is 39.8 Å². The highest BCUT2D eigenvalue weighted by atomic mass is 32.2. The van der Waals surface area contributed by atoms with E-state index in [4.69, 9.17) is 9.15 Å². The van der Waals surface area contributed by atoms with Crippen LogP contribution in [0.3, 0.4) is 0 Å². The quantitative estimate of drug-likeness (QED) is 0.710. The van der Waals surface area contributed by atoms with Gasteiger partial charge in [0.25, 0.3) is 0 Å². The Morgan fingerprint density at radius 2 is 1.86 bits per heavy atom. The minimum atomic E-state index is -3.49. The van der Waals surface area contributed by atoms with Gasteiger partial charge < -0.3 is 9.15 Å². The summed E-state index contributed by atoms with van der Waals surface area (Å²) in [5.41, 5.74) is 2.84. The number of furan rings is 1. The summed E-state index contributed by atoms with van der Waals surface area (Å²) in [6.07, 6.45) is 4.56. The number of esters is 1. The Kier molecular flexibility index (Phi) is 5.27. The van der Waals surface area contributed by atoms with Crippen LogP contribution in [0.2, 0.25) is 0 Å². The van der Waals surface area contributed by atoms with Gasteiger partial charge in [-0.1, -0.05) is 6.07 Å². The first-order valence-corrected chi connectivity index (χ1v) is 10.9. The standard InChI is InChI=1S/C20H24N2O5S/c1-26-20(23)18-7-12-27-19(18)14-21-8-10-22(11-9-21)28(24,25)17-6-5-15-3-2-4-16(15)13-17/h5-7,12-13H,2-4,8-11,14H2,1H3. The molecule has 2 aromatic rings. The van der Waals surface area contributed by atoms with Gasteiger partial charge in [-0.05, 0) is 48.6 Å². The van der Waals surface area contributed by atoms with E-state index in [0.29, 0.717) is 48.9 Å². The predicted molar refractivity (Wildman–Crippen MR) is 103 cm³/mol. The number of rotatable bonds is 5. The summed E-state index contributed by atoms with van der Waals surface area (Å²) >= 11 is 0. The minimum absolute atomic E-state index is 0.389. The van der Waals surface area contributed by atoms with Gasteiger partial charge in [-0.3, -0.25) is 4.90 Å². The van der Waals surface area contributed by atoms with Crippen molar-refractivity contribution in [3.05, 3.63) is 53.0 Å². The highest BCUT2D eigenvalue weighted by Crippen LogP contribution is 2.27. The molecule has 4 rings (SSSR count). The molecule has 0 bridgehead atoms. The van der Waals surface area contributed by atoms with Crippen molar-refractivity contribution in [1.82, 2.24) is 9.21 Å². The summed E-state index contributed by atoms with van der Waals surface area (Å²) in [7, 11) is -2.15. The number of carbonyl (C=O) groups is 1. The number of sulfonamides is 1. The van der Waals surface area contributed by atoms with E-state index in [1.165, 1.54) is 18.9 Å². The van der Waals surface area contributed by atoms with Crippen LogP contribution in [0.4, 0.5) is 0 Å². The fourth-order valence-electron chi connectivity index (χ4n) is 3.94. The van der Waals surface area contributed by atoms with Gasteiger partial charge in [0.1, 0.15) is 11.3 Å². The molecule has 1 aromatic carbocycles. The van der Waals surface area contributed by atoms with Crippen LogP contribution in [0.25, 0.3) is 0 Å². The molecule has 8 heteroatoms. The number of carbonyl (C=O) groups excluding carboxylic acids is 1. The molecule has 1 aromatic heterocycles. The average molecular weight is 404 g/mol. The van der Waals surface area contributed by atoms with Crippen molar-refractivity contribution in [3.8, 4) is 0 Å². The summed E-state index contributed by atoms with van der Waals surface area (Å²) in [6.45, 7) is 2.42. The third-order valence-electron chi connectivity index (χ3n) is 5.56. The molecule has 1 aliphatic heterocycles. The van der Waals surface area contributed by atoms with Crippen LogP contribution in [-0.2, 0) is 34.1 Å². The zero-order valence-electron chi connectivity index (χ0n) is 15.9. The molecule has 150 valence electrons. The zero-order chi connectivity index (χ0) is 19.7. The smallest absolute Gasteiger partial charge is 0.341 e. The third kappa shape index (κ3) is 3.59. The molecule has 0 N–H and O–H groups in total. The molecule has 0 radical (unpaired) electrons. The minimum Gasteiger partial charge on any atom is -0.467 e. The van der Waals surface area contributed by atoms with E-state index in [1.54, 1.807) is 16.4 Å². The topological polar surface area (TPSA) is 80.1 Å². The maximum atomic E-state index is 13.0. The lowest BCUT2D eigenvalue weighted by Gasteiger charge is -2.33. The van der Waals surface area contributed by atoms with E-state index >= 15 is 0 Å². The largest absolute Gasteiger partial charge is 0.467 e. The van der Waals surface area contributed by atoms with Crippen LogP contribution in [0.5, 0.6) is 0 Å². The number of piperazine rings is 1. The first-order chi connectivity index (χ1) is 13.5. The molecule has 0 spiro atoms. The Hall–Kier alpha value is -2.16. The molecular weight excluding hydrogens is 380 g/mol. The number of aryl methyl sites for hydroxylation is 2. The first kappa shape index (κ1) is 19.2. The Balaban J connectivity index is 1.41. The number of hydrogen-bond donors (Lipinski definition) is 0. The van der Waals surface area contributed by atoms with Gasteiger partial charge in [-0.2, -0.15) is 4.31 Å². The highest BCUT2D eigenvalue weighted by molar-refractivity contribution is 7.89. The molecule has 0 atom stereocenters. The van der Waals surface area contributed by atoms with Crippen LogP contribution in [0, 0.1) is 0 Å². The van der Waals surface area contributed by atoms with Crippen molar-refractivity contribution >= 4 is 16.0 Å². The van der Waals surface area contributed by atoms with Crippen molar-refractivity contribution in [2.75, 3.05) is 33.3 Å². The second-order valence-corrected chi connectivity index (χ2v) is 9.15. The second kappa shape index (κ2) is 7.69. The molecule has 2 aliphatic rings. The Morgan fingerprint density at radius 3 is 2.61 bits per heavy atom. The van der Waals surface area contributed by atoms with Crippen molar-refractivity contribution in [1.29, 1.82) is 0 Å². The molecule has 0 amide bonds. The number of ether oxygens (including phenoxy) is 1. The van der Waals surface area contributed by atoms with E-state index in [0.717, 1.165) is 24.8 Å². The van der Waals surface area contributed by atoms with E-state index in [1.807, 2.05) is 12.1 Å². The lowest BCUT2D eigenvalue weighted by molar-refractivity contribution is 0.0595. The van der Waals surface area contributed by atoms with Crippen LogP contribution < -0.4 is 0 Å². The maximum Gasteiger partial charge on any atom is 0.341 e. The molecule has 7 nitrogen and oxygen atoms in total. The van der Waals surface area contributed by atoms with Crippen LogP contribution >= 0.6 is 0 Å². The van der Waals surface area contributed by atoms with E-state index < -0.39 is 16.0 Å². The SMILES string of the molecule is COC(=O)c1ccoc1CN1CCN(S(=O)(=O)c2ccc3c(c2)CCC3)CC1. The summed E-state index contributed by atoms with van der Waals surface area (Å²) in [4.78, 5) is 14.2. The van der Waals surface area contributed by atoms with Crippen molar-refractivity contribution < 1.29 is 22.4 Å². The number of hydrogen-bond acceptors (Lipinski definition) is 6. The first-order valence-electron chi connectivity index (χ1n) is 9.48. The molecule has 1 fully saturated rings. The molecule has 0 saturated carbocycles.